The Bertz CT molecular complexity index is 1260. The van der Waals surface area contributed by atoms with Crippen LogP contribution in [0.25, 0.3) is 0 Å². The molecule has 0 heterocycles. The maximum atomic E-state index is 13.6. The summed E-state index contributed by atoms with van der Waals surface area (Å²) in [6.45, 7) is 11.5. The average Bonchev–Trinajstić information content (AvgIpc) is 2.76. The number of sulfonamides is 1. The van der Waals surface area contributed by atoms with Gasteiger partial charge in [0.15, 0.2) is 6.61 Å². The second-order valence-corrected chi connectivity index (χ2v) is 11.0. The molecule has 3 rings (SSSR count). The number of carbonyl (C=O) groups is 1. The zero-order valence-electron chi connectivity index (χ0n) is 20.0. The van der Waals surface area contributed by atoms with Gasteiger partial charge in [0.05, 0.1) is 10.6 Å². The molecule has 0 aliphatic rings. The fourth-order valence-electron chi connectivity index (χ4n) is 3.61. The molecule has 1 amide bonds. The zero-order valence-corrected chi connectivity index (χ0v) is 20.9. The Morgan fingerprint density at radius 1 is 0.909 bits per heavy atom. The number of anilines is 1. The highest BCUT2D eigenvalue weighted by Crippen LogP contribution is 2.33. The molecule has 0 saturated heterocycles. The summed E-state index contributed by atoms with van der Waals surface area (Å²) in [5.74, 6) is -0.0903. The molecule has 0 saturated carbocycles. The number of aryl methyl sites for hydroxylation is 2. The van der Waals surface area contributed by atoms with Crippen LogP contribution < -0.4 is 9.04 Å². The van der Waals surface area contributed by atoms with Crippen LogP contribution >= 0.6 is 0 Å². The molecule has 0 fully saturated rings. The highest BCUT2D eigenvalue weighted by atomic mass is 32.2. The topological polar surface area (TPSA) is 63.7 Å². The van der Waals surface area contributed by atoms with Gasteiger partial charge in [-0.05, 0) is 67.1 Å². The number of amides is 1. The molecule has 0 unspecified atom stereocenters. The predicted molar refractivity (Wildman–Crippen MR) is 132 cm³/mol. The summed E-state index contributed by atoms with van der Waals surface area (Å²) in [6.07, 6.45) is 0. The molecule has 0 N–H and O–H groups in total. The average molecular weight is 466 g/mol. The summed E-state index contributed by atoms with van der Waals surface area (Å²) in [6, 6.07) is 19.0. The van der Waals surface area contributed by atoms with Crippen LogP contribution in [0.4, 0.5) is 5.69 Å². The summed E-state index contributed by atoms with van der Waals surface area (Å²) in [5.41, 5.74) is 3.78. The molecule has 0 aromatic heterocycles. The van der Waals surface area contributed by atoms with E-state index in [2.05, 4.69) is 20.8 Å². The van der Waals surface area contributed by atoms with E-state index in [0.29, 0.717) is 11.4 Å². The zero-order chi connectivity index (χ0) is 24.4. The first-order valence-corrected chi connectivity index (χ1v) is 12.3. The molecular weight excluding hydrogens is 434 g/mol. The Kier molecular flexibility index (Phi) is 6.98. The van der Waals surface area contributed by atoms with Crippen LogP contribution in [0.3, 0.4) is 0 Å². The van der Waals surface area contributed by atoms with Crippen LogP contribution in [-0.2, 0) is 20.2 Å². The van der Waals surface area contributed by atoms with Crippen molar-refractivity contribution in [3.8, 4) is 5.75 Å². The van der Waals surface area contributed by atoms with Gasteiger partial charge in [0.25, 0.3) is 15.9 Å². The van der Waals surface area contributed by atoms with Gasteiger partial charge >= 0.3 is 0 Å². The van der Waals surface area contributed by atoms with Gasteiger partial charge in [-0.15, -0.1) is 0 Å². The lowest BCUT2D eigenvalue weighted by Gasteiger charge is -2.26. The molecule has 0 spiro atoms. The first-order valence-electron chi connectivity index (χ1n) is 10.9. The summed E-state index contributed by atoms with van der Waals surface area (Å²) in [7, 11) is -4.14. The molecule has 0 aliphatic carbocycles. The number of carbonyl (C=O) groups excluding carboxylic acids is 1. The van der Waals surface area contributed by atoms with Crippen molar-refractivity contribution in [1.82, 2.24) is 0 Å². The van der Waals surface area contributed by atoms with E-state index in [1.165, 1.54) is 12.1 Å². The largest absolute Gasteiger partial charge is 0.483 e. The minimum atomic E-state index is -4.14. The molecule has 3 aromatic rings. The maximum absolute atomic E-state index is 13.6. The molecule has 5 nitrogen and oxygen atoms in total. The standard InChI is InChI=1S/C27H31NO4S/c1-19-15-16-25(23(17-19)27(4,5)6)32-18-26(29)28(24-14-10-11-20(2)21(24)3)33(30,31)22-12-8-7-9-13-22/h7-17H,18H2,1-6H3. The summed E-state index contributed by atoms with van der Waals surface area (Å²) in [5, 5.41) is 0. The SMILES string of the molecule is Cc1ccc(OCC(=O)N(c2cccc(C)c2C)S(=O)(=O)c2ccccc2)c(C(C)(C)C)c1. The van der Waals surface area contributed by atoms with Crippen LogP contribution in [0.1, 0.15) is 43.0 Å². The van der Waals surface area contributed by atoms with Crippen molar-refractivity contribution >= 4 is 21.6 Å². The molecule has 33 heavy (non-hydrogen) atoms. The van der Waals surface area contributed by atoms with Crippen molar-refractivity contribution in [2.24, 2.45) is 0 Å². The van der Waals surface area contributed by atoms with Crippen molar-refractivity contribution in [2.45, 2.75) is 51.9 Å². The lowest BCUT2D eigenvalue weighted by molar-refractivity contribution is -0.119. The lowest BCUT2D eigenvalue weighted by Crippen LogP contribution is -2.40. The molecule has 6 heteroatoms. The Hall–Kier alpha value is -3.12. The van der Waals surface area contributed by atoms with Crippen LogP contribution in [0.2, 0.25) is 0 Å². The van der Waals surface area contributed by atoms with Crippen molar-refractivity contribution < 1.29 is 17.9 Å². The summed E-state index contributed by atoms with van der Waals surface area (Å²) in [4.78, 5) is 13.5. The van der Waals surface area contributed by atoms with Crippen molar-refractivity contribution in [3.05, 3.63) is 89.0 Å². The number of hydrogen-bond donors (Lipinski definition) is 0. The second-order valence-electron chi connectivity index (χ2n) is 9.23. The van der Waals surface area contributed by atoms with Crippen LogP contribution in [-0.4, -0.2) is 20.9 Å². The highest BCUT2D eigenvalue weighted by Gasteiger charge is 2.33. The summed E-state index contributed by atoms with van der Waals surface area (Å²) < 4.78 is 33.9. The van der Waals surface area contributed by atoms with Crippen molar-refractivity contribution in [2.75, 3.05) is 10.9 Å². The van der Waals surface area contributed by atoms with Gasteiger partial charge in [-0.2, -0.15) is 4.31 Å². The monoisotopic (exact) mass is 465 g/mol. The Morgan fingerprint density at radius 2 is 1.58 bits per heavy atom. The number of ether oxygens (including phenoxy) is 1. The van der Waals surface area contributed by atoms with E-state index in [9.17, 15) is 13.2 Å². The Balaban J connectivity index is 2.03. The van der Waals surface area contributed by atoms with E-state index in [-0.39, 0.29) is 10.3 Å². The third kappa shape index (κ3) is 5.28. The lowest BCUT2D eigenvalue weighted by atomic mass is 9.85. The van der Waals surface area contributed by atoms with Gasteiger partial charge in [0.1, 0.15) is 5.75 Å². The van der Waals surface area contributed by atoms with Gasteiger partial charge in [-0.1, -0.05) is 68.8 Å². The highest BCUT2D eigenvalue weighted by molar-refractivity contribution is 7.93. The maximum Gasteiger partial charge on any atom is 0.278 e. The van der Waals surface area contributed by atoms with Gasteiger partial charge in [-0.3, -0.25) is 4.79 Å². The van der Waals surface area contributed by atoms with Crippen molar-refractivity contribution in [1.29, 1.82) is 0 Å². The van der Waals surface area contributed by atoms with E-state index in [0.717, 1.165) is 26.6 Å². The van der Waals surface area contributed by atoms with Crippen LogP contribution in [0, 0.1) is 20.8 Å². The molecule has 0 radical (unpaired) electrons. The van der Waals surface area contributed by atoms with E-state index in [4.69, 9.17) is 4.74 Å². The first kappa shape index (κ1) is 24.5. The summed E-state index contributed by atoms with van der Waals surface area (Å²) >= 11 is 0. The van der Waals surface area contributed by atoms with Gasteiger partial charge in [-0.25, -0.2) is 8.42 Å². The smallest absolute Gasteiger partial charge is 0.278 e. The fourth-order valence-corrected chi connectivity index (χ4v) is 5.09. The number of rotatable bonds is 6. The number of nitrogens with zero attached hydrogens (tertiary/aromatic N) is 1. The molecule has 174 valence electrons. The quantitative estimate of drug-likeness (QED) is 0.468. The van der Waals surface area contributed by atoms with E-state index in [1.807, 2.05) is 45.0 Å². The minimum Gasteiger partial charge on any atom is -0.483 e. The van der Waals surface area contributed by atoms with E-state index in [1.54, 1.807) is 30.3 Å². The molecule has 0 atom stereocenters. The minimum absolute atomic E-state index is 0.0463. The van der Waals surface area contributed by atoms with Crippen LogP contribution in [0.5, 0.6) is 5.75 Å². The van der Waals surface area contributed by atoms with Crippen molar-refractivity contribution in [3.63, 3.8) is 0 Å². The predicted octanol–water partition coefficient (Wildman–Crippen LogP) is 5.71. The third-order valence-electron chi connectivity index (χ3n) is 5.60. The van der Waals surface area contributed by atoms with Crippen LogP contribution in [0.15, 0.2) is 71.6 Å². The number of hydrogen-bond acceptors (Lipinski definition) is 4. The molecule has 0 bridgehead atoms. The van der Waals surface area contributed by atoms with Gasteiger partial charge in [0, 0.05) is 0 Å². The molecule has 0 aliphatic heterocycles. The fraction of sp³-hybridized carbons (Fsp3) is 0.296. The Labute approximate surface area is 197 Å². The number of benzene rings is 3. The first-order chi connectivity index (χ1) is 15.4. The normalized spacial score (nSPS) is 11.8. The molecule has 3 aromatic carbocycles. The van der Waals surface area contributed by atoms with Gasteiger partial charge < -0.3 is 4.74 Å². The second kappa shape index (κ2) is 9.40. The van der Waals surface area contributed by atoms with Gasteiger partial charge in [0.2, 0.25) is 0 Å². The van der Waals surface area contributed by atoms with E-state index < -0.39 is 22.5 Å². The molecular formula is C27H31NO4S. The Morgan fingerprint density at radius 3 is 2.21 bits per heavy atom. The van der Waals surface area contributed by atoms with E-state index >= 15 is 0 Å². The third-order valence-corrected chi connectivity index (χ3v) is 7.35.